The number of carbonyl (C=O) groups is 1. The van der Waals surface area contributed by atoms with Crippen molar-refractivity contribution >= 4 is 39.7 Å². The van der Waals surface area contributed by atoms with Gasteiger partial charge in [0.25, 0.3) is 0 Å². The van der Waals surface area contributed by atoms with Crippen molar-refractivity contribution in [3.63, 3.8) is 0 Å². The minimum Gasteiger partial charge on any atom is -0.462 e. The number of oxazole rings is 1. The molecule has 1 aromatic carbocycles. The highest BCUT2D eigenvalue weighted by Gasteiger charge is 2.14. The number of nitrogens with zero attached hydrogens (tertiary/aromatic N) is 3. The molecule has 0 saturated heterocycles. The summed E-state index contributed by atoms with van der Waals surface area (Å²) < 4.78 is 9.79. The monoisotopic (exact) mass is 290 g/mol. The maximum absolute atomic E-state index is 11.3. The minimum atomic E-state index is -0.637. The molecule has 7 nitrogen and oxygen atoms in total. The fourth-order valence-corrected chi connectivity index (χ4v) is 1.79. The van der Waals surface area contributed by atoms with E-state index in [4.69, 9.17) is 9.68 Å². The van der Waals surface area contributed by atoms with Gasteiger partial charge >= 0.3 is 11.9 Å². The summed E-state index contributed by atoms with van der Waals surface area (Å²) in [6, 6.07) is 5.00. The summed E-state index contributed by atoms with van der Waals surface area (Å²) in [4.78, 5) is 19.6. The molecular formula is C12H10N4O3S. The number of ether oxygens (including phenoxy) is 1. The van der Waals surface area contributed by atoms with Gasteiger partial charge in [-0.3, -0.25) is 5.32 Å². The molecule has 0 atom stereocenters. The van der Waals surface area contributed by atoms with Crippen molar-refractivity contribution in [2.24, 2.45) is 4.99 Å². The molecule has 0 radical (unpaired) electrons. The standard InChI is InChI=1S/C12H10N4O3S/c1-18-11(17)10-16-8-5-7(3-4-9(8)19-10)15-12(20-2)14-6-13/h3-5H,1-2H3,(H,14,15). The molecule has 0 amide bonds. The zero-order valence-corrected chi connectivity index (χ0v) is 11.5. The number of amidine groups is 1. The first-order valence-electron chi connectivity index (χ1n) is 5.44. The highest BCUT2D eigenvalue weighted by atomic mass is 32.2. The Labute approximate surface area is 118 Å². The molecule has 0 saturated carbocycles. The van der Waals surface area contributed by atoms with E-state index in [0.717, 1.165) is 0 Å². The molecule has 2 rings (SSSR count). The predicted octanol–water partition coefficient (Wildman–Crippen LogP) is 2.04. The number of benzene rings is 1. The average Bonchev–Trinajstić information content (AvgIpc) is 2.89. The van der Waals surface area contributed by atoms with Gasteiger partial charge in [-0.2, -0.15) is 5.26 Å². The summed E-state index contributed by atoms with van der Waals surface area (Å²) >= 11 is 1.31. The average molecular weight is 290 g/mol. The molecule has 1 N–H and O–H groups in total. The Morgan fingerprint density at radius 1 is 1.60 bits per heavy atom. The Kier molecular flexibility index (Phi) is 4.22. The Morgan fingerprint density at radius 3 is 3.05 bits per heavy atom. The van der Waals surface area contributed by atoms with Gasteiger partial charge in [-0.1, -0.05) is 11.8 Å². The van der Waals surface area contributed by atoms with Gasteiger partial charge < -0.3 is 9.15 Å². The molecule has 102 valence electrons. The zero-order chi connectivity index (χ0) is 14.5. The lowest BCUT2D eigenvalue weighted by Crippen LogP contribution is -2.12. The maximum Gasteiger partial charge on any atom is 0.394 e. The van der Waals surface area contributed by atoms with E-state index in [0.29, 0.717) is 22.0 Å². The Balaban J connectivity index is 2.38. The SMILES string of the molecule is COC(=O)c1nc2cc(N=C(NC#N)SC)ccc2o1. The molecule has 1 heterocycles. The van der Waals surface area contributed by atoms with E-state index in [9.17, 15) is 4.79 Å². The topological polar surface area (TPSA) is 101 Å². The smallest absolute Gasteiger partial charge is 0.394 e. The van der Waals surface area contributed by atoms with E-state index in [2.05, 4.69) is 20.0 Å². The summed E-state index contributed by atoms with van der Waals surface area (Å²) in [5.74, 6) is -0.744. The molecular weight excluding hydrogens is 280 g/mol. The van der Waals surface area contributed by atoms with Crippen LogP contribution in [0.4, 0.5) is 5.69 Å². The molecule has 0 fully saturated rings. The predicted molar refractivity (Wildman–Crippen MR) is 74.7 cm³/mol. The first kappa shape index (κ1) is 13.9. The van der Waals surface area contributed by atoms with E-state index in [1.54, 1.807) is 30.6 Å². The Bertz CT molecular complexity index is 717. The van der Waals surface area contributed by atoms with Gasteiger partial charge in [0.2, 0.25) is 0 Å². The van der Waals surface area contributed by atoms with Crippen LogP contribution in [0.5, 0.6) is 0 Å². The van der Waals surface area contributed by atoms with Crippen molar-refractivity contribution in [1.82, 2.24) is 10.3 Å². The van der Waals surface area contributed by atoms with E-state index in [1.807, 2.05) is 0 Å². The molecule has 0 aliphatic carbocycles. The number of aromatic nitrogens is 1. The van der Waals surface area contributed by atoms with Gasteiger partial charge in [0.1, 0.15) is 5.52 Å². The largest absolute Gasteiger partial charge is 0.462 e. The van der Waals surface area contributed by atoms with Crippen LogP contribution in [0, 0.1) is 11.5 Å². The van der Waals surface area contributed by atoms with Gasteiger partial charge in [0, 0.05) is 0 Å². The minimum absolute atomic E-state index is 0.108. The highest BCUT2D eigenvalue weighted by Crippen LogP contribution is 2.23. The highest BCUT2D eigenvalue weighted by molar-refractivity contribution is 8.13. The number of esters is 1. The molecule has 0 unspecified atom stereocenters. The van der Waals surface area contributed by atoms with Gasteiger partial charge in [-0.05, 0) is 24.5 Å². The lowest BCUT2D eigenvalue weighted by atomic mass is 10.3. The third-order valence-corrected chi connectivity index (χ3v) is 2.90. The van der Waals surface area contributed by atoms with E-state index >= 15 is 0 Å². The number of nitrogens with one attached hydrogen (secondary N) is 1. The zero-order valence-electron chi connectivity index (χ0n) is 10.7. The molecule has 0 aliphatic rings. The second kappa shape index (κ2) is 6.08. The summed E-state index contributed by atoms with van der Waals surface area (Å²) in [6.07, 6.45) is 3.60. The van der Waals surface area contributed by atoms with Crippen LogP contribution in [0.15, 0.2) is 27.6 Å². The molecule has 0 bridgehead atoms. The van der Waals surface area contributed by atoms with Crippen LogP contribution in [0.25, 0.3) is 11.1 Å². The van der Waals surface area contributed by atoms with Crippen LogP contribution < -0.4 is 5.32 Å². The number of methoxy groups -OCH3 is 1. The number of fused-ring (bicyclic) bond motifs is 1. The quantitative estimate of drug-likeness (QED) is 0.297. The number of aliphatic imine (C=N–C) groups is 1. The van der Waals surface area contributed by atoms with Crippen molar-refractivity contribution in [1.29, 1.82) is 5.26 Å². The number of hydrogen-bond donors (Lipinski definition) is 1. The number of thioether (sulfide) groups is 1. The Morgan fingerprint density at radius 2 is 2.40 bits per heavy atom. The third kappa shape index (κ3) is 2.89. The summed E-state index contributed by atoms with van der Waals surface area (Å²) in [5, 5.41) is 11.5. The molecule has 2 aromatic rings. The number of nitriles is 1. The van der Waals surface area contributed by atoms with Crippen molar-refractivity contribution in [2.45, 2.75) is 0 Å². The summed E-state index contributed by atoms with van der Waals surface area (Å²) in [5.41, 5.74) is 1.54. The van der Waals surface area contributed by atoms with E-state index in [-0.39, 0.29) is 5.89 Å². The van der Waals surface area contributed by atoms with Crippen molar-refractivity contribution in [2.75, 3.05) is 13.4 Å². The van der Waals surface area contributed by atoms with E-state index in [1.165, 1.54) is 18.9 Å². The first-order valence-corrected chi connectivity index (χ1v) is 6.67. The normalized spacial score (nSPS) is 11.2. The van der Waals surface area contributed by atoms with Crippen LogP contribution in [0.3, 0.4) is 0 Å². The lowest BCUT2D eigenvalue weighted by Gasteiger charge is -1.98. The second-order valence-corrected chi connectivity index (χ2v) is 4.32. The van der Waals surface area contributed by atoms with Gasteiger partial charge in [-0.15, -0.1) is 0 Å². The lowest BCUT2D eigenvalue weighted by molar-refractivity contribution is 0.0558. The molecule has 20 heavy (non-hydrogen) atoms. The fraction of sp³-hybridized carbons (Fsp3) is 0.167. The van der Waals surface area contributed by atoms with Gasteiger partial charge in [0.15, 0.2) is 16.9 Å². The molecule has 0 aliphatic heterocycles. The van der Waals surface area contributed by atoms with Crippen molar-refractivity contribution in [3.8, 4) is 6.19 Å². The molecule has 0 spiro atoms. The second-order valence-electron chi connectivity index (χ2n) is 3.52. The number of rotatable bonds is 2. The van der Waals surface area contributed by atoms with Crippen molar-refractivity contribution < 1.29 is 13.9 Å². The number of carbonyl (C=O) groups excluding carboxylic acids is 1. The van der Waals surface area contributed by atoms with Crippen LogP contribution in [-0.4, -0.2) is 29.5 Å². The van der Waals surface area contributed by atoms with Crippen LogP contribution in [0.1, 0.15) is 10.7 Å². The fourth-order valence-electron chi connectivity index (χ4n) is 1.45. The third-order valence-electron chi connectivity index (χ3n) is 2.32. The summed E-state index contributed by atoms with van der Waals surface area (Å²) in [6.45, 7) is 0. The van der Waals surface area contributed by atoms with Crippen LogP contribution in [0.2, 0.25) is 0 Å². The summed E-state index contributed by atoms with van der Waals surface area (Å²) in [7, 11) is 1.26. The van der Waals surface area contributed by atoms with Gasteiger partial charge in [-0.25, -0.2) is 14.8 Å². The first-order chi connectivity index (χ1) is 9.67. The van der Waals surface area contributed by atoms with E-state index < -0.39 is 5.97 Å². The van der Waals surface area contributed by atoms with Crippen LogP contribution in [-0.2, 0) is 4.74 Å². The maximum atomic E-state index is 11.3. The molecule has 8 heteroatoms. The van der Waals surface area contributed by atoms with Gasteiger partial charge in [0.05, 0.1) is 12.8 Å². The number of hydrogen-bond acceptors (Lipinski definition) is 7. The Hall–Kier alpha value is -2.53. The van der Waals surface area contributed by atoms with Crippen LogP contribution >= 0.6 is 11.8 Å². The molecule has 1 aromatic heterocycles. The van der Waals surface area contributed by atoms with Crippen molar-refractivity contribution in [3.05, 3.63) is 24.1 Å².